The normalized spacial score (nSPS) is 32.6. The molecule has 0 saturated heterocycles. The highest BCUT2D eigenvalue weighted by molar-refractivity contribution is 7.99. The van der Waals surface area contributed by atoms with Crippen molar-refractivity contribution in [1.29, 1.82) is 0 Å². The third-order valence-corrected chi connectivity index (χ3v) is 8.28. The van der Waals surface area contributed by atoms with Gasteiger partial charge in [0.05, 0.1) is 5.75 Å². The van der Waals surface area contributed by atoms with Gasteiger partial charge in [-0.3, -0.25) is 4.79 Å². The highest BCUT2D eigenvalue weighted by Crippen LogP contribution is 2.61. The van der Waals surface area contributed by atoms with Gasteiger partial charge in [-0.2, -0.15) is 0 Å². The number of amides is 1. The lowest BCUT2D eigenvalue weighted by Gasteiger charge is -2.59. The molecule has 5 rings (SSSR count). The molecule has 150 valence electrons. The molecule has 5 nitrogen and oxygen atoms in total. The summed E-state index contributed by atoms with van der Waals surface area (Å²) in [4.78, 5) is 12.6. The predicted molar refractivity (Wildman–Crippen MR) is 108 cm³/mol. The molecule has 4 aliphatic carbocycles. The molecule has 1 aromatic heterocycles. The Hall–Kier alpha value is -1.04. The summed E-state index contributed by atoms with van der Waals surface area (Å²) >= 11 is 1.52. The topological polar surface area (TPSA) is 59.8 Å². The fourth-order valence-corrected chi connectivity index (χ4v) is 7.07. The van der Waals surface area contributed by atoms with Crippen molar-refractivity contribution in [2.45, 2.75) is 89.4 Å². The van der Waals surface area contributed by atoms with Crippen LogP contribution >= 0.6 is 11.8 Å². The lowest BCUT2D eigenvalue weighted by Crippen LogP contribution is -2.56. The van der Waals surface area contributed by atoms with E-state index in [1.165, 1.54) is 63.1 Å². The minimum absolute atomic E-state index is 0.145. The van der Waals surface area contributed by atoms with Gasteiger partial charge in [0.25, 0.3) is 0 Å². The van der Waals surface area contributed by atoms with Gasteiger partial charge in [0, 0.05) is 12.6 Å². The molecule has 1 aromatic rings. The van der Waals surface area contributed by atoms with Crippen LogP contribution in [0.1, 0.15) is 71.6 Å². The highest BCUT2D eigenvalue weighted by Gasteiger charge is 2.53. The molecular formula is C21H34N4OS. The van der Waals surface area contributed by atoms with Crippen LogP contribution in [0.2, 0.25) is 0 Å². The zero-order chi connectivity index (χ0) is 18.9. The molecular weight excluding hydrogens is 356 g/mol. The summed E-state index contributed by atoms with van der Waals surface area (Å²) in [6.07, 6.45) is 13.7. The van der Waals surface area contributed by atoms with E-state index in [2.05, 4.69) is 33.9 Å². The Morgan fingerprint density at radius 1 is 1.26 bits per heavy atom. The number of carbonyl (C=O) groups is 1. The Bertz CT molecular complexity index is 623. The molecule has 1 N–H and O–H groups in total. The van der Waals surface area contributed by atoms with Crippen LogP contribution in [0.15, 0.2) is 11.5 Å². The third kappa shape index (κ3) is 4.20. The zero-order valence-electron chi connectivity index (χ0n) is 16.8. The Labute approximate surface area is 167 Å². The summed E-state index contributed by atoms with van der Waals surface area (Å²) in [6.45, 7) is 5.40. The van der Waals surface area contributed by atoms with E-state index < -0.39 is 0 Å². The van der Waals surface area contributed by atoms with Crippen molar-refractivity contribution in [2.75, 3.05) is 5.75 Å². The summed E-state index contributed by atoms with van der Waals surface area (Å²) in [6, 6.07) is 0.293. The quantitative estimate of drug-likeness (QED) is 0.505. The molecule has 4 bridgehead atoms. The number of carbonyl (C=O) groups excluding carboxylic acids is 1. The van der Waals surface area contributed by atoms with Crippen molar-refractivity contribution in [1.82, 2.24) is 20.1 Å². The largest absolute Gasteiger partial charge is 0.352 e. The minimum Gasteiger partial charge on any atom is -0.352 e. The van der Waals surface area contributed by atoms with Gasteiger partial charge in [-0.25, -0.2) is 0 Å². The smallest absolute Gasteiger partial charge is 0.230 e. The standard InChI is InChI=1S/C21H34N4OS/c1-3-4-5-6-25-14-22-24-20(25)27-13-19(26)23-15(2)21-10-16-7-17(11-21)9-18(8-16)12-21/h14-18H,3-13H2,1-2H3,(H,23,26)/t15-,16?,17?,18?,21?/m0/s1. The molecule has 1 atom stereocenters. The van der Waals surface area contributed by atoms with E-state index in [0.29, 0.717) is 17.2 Å². The summed E-state index contributed by atoms with van der Waals surface area (Å²) in [5.74, 6) is 3.35. The first kappa shape index (κ1) is 19.3. The number of thioether (sulfide) groups is 1. The van der Waals surface area contributed by atoms with E-state index in [0.717, 1.165) is 35.9 Å². The first-order chi connectivity index (χ1) is 13.1. The maximum Gasteiger partial charge on any atom is 0.230 e. The van der Waals surface area contributed by atoms with E-state index in [-0.39, 0.29) is 5.91 Å². The van der Waals surface area contributed by atoms with Crippen LogP contribution in [-0.2, 0) is 11.3 Å². The van der Waals surface area contributed by atoms with E-state index in [4.69, 9.17) is 0 Å². The fraction of sp³-hybridized carbons (Fsp3) is 0.857. The zero-order valence-corrected chi connectivity index (χ0v) is 17.6. The van der Waals surface area contributed by atoms with Crippen LogP contribution in [0.25, 0.3) is 0 Å². The highest BCUT2D eigenvalue weighted by atomic mass is 32.2. The maximum absolute atomic E-state index is 12.6. The van der Waals surface area contributed by atoms with Gasteiger partial charge in [-0.05, 0) is 75.0 Å². The molecule has 0 unspecified atom stereocenters. The van der Waals surface area contributed by atoms with Crippen LogP contribution in [-0.4, -0.2) is 32.5 Å². The minimum atomic E-state index is 0.145. The van der Waals surface area contributed by atoms with E-state index in [1.54, 1.807) is 6.33 Å². The number of nitrogens with one attached hydrogen (secondary N) is 1. The van der Waals surface area contributed by atoms with Crippen LogP contribution in [0.4, 0.5) is 0 Å². The van der Waals surface area contributed by atoms with Crippen molar-refractivity contribution in [3.63, 3.8) is 0 Å². The van der Waals surface area contributed by atoms with Gasteiger partial charge in [-0.15, -0.1) is 10.2 Å². The van der Waals surface area contributed by atoms with Crippen molar-refractivity contribution in [2.24, 2.45) is 23.2 Å². The lowest BCUT2D eigenvalue weighted by molar-refractivity contribution is -0.123. The molecule has 0 aromatic carbocycles. The molecule has 0 spiro atoms. The van der Waals surface area contributed by atoms with Crippen molar-refractivity contribution in [3.8, 4) is 0 Å². The molecule has 4 fully saturated rings. The SMILES string of the molecule is CCCCCn1cnnc1SCC(=O)N[C@@H](C)C12CC3CC(CC(C3)C1)C2. The third-order valence-electron chi connectivity index (χ3n) is 7.30. The summed E-state index contributed by atoms with van der Waals surface area (Å²) < 4.78 is 2.08. The summed E-state index contributed by atoms with van der Waals surface area (Å²) in [5.41, 5.74) is 0.370. The number of unbranched alkanes of at least 4 members (excludes halogenated alkanes) is 2. The van der Waals surface area contributed by atoms with Crippen molar-refractivity contribution in [3.05, 3.63) is 6.33 Å². The van der Waals surface area contributed by atoms with E-state index >= 15 is 0 Å². The second kappa shape index (κ2) is 8.14. The summed E-state index contributed by atoms with van der Waals surface area (Å²) in [7, 11) is 0. The van der Waals surface area contributed by atoms with Gasteiger partial charge in [-0.1, -0.05) is 31.5 Å². The molecule has 1 heterocycles. The van der Waals surface area contributed by atoms with Gasteiger partial charge in [0.2, 0.25) is 5.91 Å². The molecule has 0 radical (unpaired) electrons. The summed E-state index contributed by atoms with van der Waals surface area (Å²) in [5, 5.41) is 12.4. The second-order valence-electron chi connectivity index (χ2n) is 9.37. The monoisotopic (exact) mass is 390 g/mol. The van der Waals surface area contributed by atoms with Crippen LogP contribution in [0, 0.1) is 23.2 Å². The Balaban J connectivity index is 1.28. The van der Waals surface area contributed by atoms with Gasteiger partial charge in [0.15, 0.2) is 5.16 Å². The molecule has 4 aliphatic rings. The van der Waals surface area contributed by atoms with Crippen LogP contribution in [0.5, 0.6) is 0 Å². The van der Waals surface area contributed by atoms with Gasteiger partial charge >= 0.3 is 0 Å². The number of rotatable bonds is 9. The molecule has 4 saturated carbocycles. The first-order valence-corrected chi connectivity index (χ1v) is 11.9. The van der Waals surface area contributed by atoms with Crippen LogP contribution in [0.3, 0.4) is 0 Å². The Kier molecular flexibility index (Phi) is 5.81. The van der Waals surface area contributed by atoms with Crippen molar-refractivity contribution >= 4 is 17.7 Å². The average molecular weight is 391 g/mol. The second-order valence-corrected chi connectivity index (χ2v) is 10.3. The van der Waals surface area contributed by atoms with E-state index in [1.807, 2.05) is 0 Å². The average Bonchev–Trinajstić information content (AvgIpc) is 3.06. The molecule has 6 heteroatoms. The number of hydrogen-bond donors (Lipinski definition) is 1. The molecule has 0 aliphatic heterocycles. The molecule has 27 heavy (non-hydrogen) atoms. The maximum atomic E-state index is 12.6. The van der Waals surface area contributed by atoms with Crippen LogP contribution < -0.4 is 5.32 Å². The number of aromatic nitrogens is 3. The molecule has 1 amide bonds. The Morgan fingerprint density at radius 2 is 1.93 bits per heavy atom. The van der Waals surface area contributed by atoms with E-state index in [9.17, 15) is 4.79 Å². The Morgan fingerprint density at radius 3 is 2.56 bits per heavy atom. The van der Waals surface area contributed by atoms with Gasteiger partial charge in [0.1, 0.15) is 6.33 Å². The number of hydrogen-bond acceptors (Lipinski definition) is 4. The predicted octanol–water partition coefficient (Wildman–Crippen LogP) is 4.28. The number of nitrogens with zero attached hydrogens (tertiary/aromatic N) is 3. The first-order valence-electron chi connectivity index (χ1n) is 10.9. The number of aryl methyl sites for hydroxylation is 1. The fourth-order valence-electron chi connectivity index (χ4n) is 6.32. The van der Waals surface area contributed by atoms with Gasteiger partial charge < -0.3 is 9.88 Å². The lowest BCUT2D eigenvalue weighted by atomic mass is 9.48. The van der Waals surface area contributed by atoms with Crippen molar-refractivity contribution < 1.29 is 4.79 Å².